The molecule has 0 bridgehead atoms. The highest BCUT2D eigenvalue weighted by Crippen LogP contribution is 2.35. The number of nitrogens with one attached hydrogen (secondary N) is 2. The average Bonchev–Trinajstić information content (AvgIpc) is 2.64. The SMILES string of the molecule is CCOC(=O)CCCNC(=O)COC(=O)c1ccc2c(c1)NC(=O)C(C)S2. The summed E-state index contributed by atoms with van der Waals surface area (Å²) in [6.45, 7) is 3.72. The fraction of sp³-hybridized carbons (Fsp3) is 0.444. The second-order valence-electron chi connectivity index (χ2n) is 5.79. The molecule has 1 unspecified atom stereocenters. The first-order valence-corrected chi connectivity index (χ1v) is 9.49. The van der Waals surface area contributed by atoms with Gasteiger partial charge in [0.05, 0.1) is 23.1 Å². The molecule has 8 nitrogen and oxygen atoms in total. The van der Waals surface area contributed by atoms with Crippen LogP contribution in [0.1, 0.15) is 37.0 Å². The highest BCUT2D eigenvalue weighted by atomic mass is 32.2. The van der Waals surface area contributed by atoms with Crippen LogP contribution < -0.4 is 10.6 Å². The summed E-state index contributed by atoms with van der Waals surface area (Å²) < 4.78 is 9.76. The van der Waals surface area contributed by atoms with Crippen molar-refractivity contribution in [3.8, 4) is 0 Å². The molecule has 2 amide bonds. The van der Waals surface area contributed by atoms with Crippen molar-refractivity contribution in [3.05, 3.63) is 23.8 Å². The van der Waals surface area contributed by atoms with Gasteiger partial charge in [0, 0.05) is 17.9 Å². The van der Waals surface area contributed by atoms with Crippen molar-refractivity contribution in [1.82, 2.24) is 5.32 Å². The zero-order valence-electron chi connectivity index (χ0n) is 15.2. The van der Waals surface area contributed by atoms with Gasteiger partial charge in [0.15, 0.2) is 6.61 Å². The zero-order chi connectivity index (χ0) is 19.8. The molecule has 0 spiro atoms. The maximum absolute atomic E-state index is 12.1. The lowest BCUT2D eigenvalue weighted by Crippen LogP contribution is -2.30. The van der Waals surface area contributed by atoms with Gasteiger partial charge in [-0.1, -0.05) is 0 Å². The monoisotopic (exact) mass is 394 g/mol. The molecule has 27 heavy (non-hydrogen) atoms. The molecule has 9 heteroatoms. The number of esters is 2. The highest BCUT2D eigenvalue weighted by molar-refractivity contribution is 8.00. The van der Waals surface area contributed by atoms with Gasteiger partial charge in [0.2, 0.25) is 5.91 Å². The van der Waals surface area contributed by atoms with E-state index in [1.54, 1.807) is 26.0 Å². The number of thioether (sulfide) groups is 1. The molecule has 1 heterocycles. The van der Waals surface area contributed by atoms with Crippen LogP contribution in [0.3, 0.4) is 0 Å². The van der Waals surface area contributed by atoms with Crippen LogP contribution in [0.4, 0.5) is 5.69 Å². The first-order chi connectivity index (χ1) is 12.9. The number of carbonyl (C=O) groups excluding carboxylic acids is 4. The van der Waals surface area contributed by atoms with Crippen LogP contribution in [0, 0.1) is 0 Å². The van der Waals surface area contributed by atoms with Crippen molar-refractivity contribution in [2.24, 2.45) is 0 Å². The van der Waals surface area contributed by atoms with Crippen LogP contribution in [0.25, 0.3) is 0 Å². The Morgan fingerprint density at radius 1 is 1.26 bits per heavy atom. The van der Waals surface area contributed by atoms with Crippen LogP contribution in [0.15, 0.2) is 23.1 Å². The predicted octanol–water partition coefficient (Wildman–Crippen LogP) is 1.74. The van der Waals surface area contributed by atoms with Gasteiger partial charge in [-0.2, -0.15) is 0 Å². The summed E-state index contributed by atoms with van der Waals surface area (Å²) in [6.07, 6.45) is 0.657. The zero-order valence-corrected chi connectivity index (χ0v) is 16.0. The van der Waals surface area contributed by atoms with Crippen LogP contribution in [-0.2, 0) is 23.9 Å². The Morgan fingerprint density at radius 3 is 2.78 bits per heavy atom. The number of carbonyl (C=O) groups is 4. The van der Waals surface area contributed by atoms with Crippen molar-refractivity contribution in [3.63, 3.8) is 0 Å². The van der Waals surface area contributed by atoms with E-state index in [4.69, 9.17) is 9.47 Å². The molecular formula is C18H22N2O6S. The summed E-state index contributed by atoms with van der Waals surface area (Å²) in [5, 5.41) is 5.11. The van der Waals surface area contributed by atoms with E-state index >= 15 is 0 Å². The van der Waals surface area contributed by atoms with E-state index in [1.807, 2.05) is 0 Å². The quantitative estimate of drug-likeness (QED) is 0.510. The molecular weight excluding hydrogens is 372 g/mol. The maximum Gasteiger partial charge on any atom is 0.338 e. The Balaban J connectivity index is 1.76. The van der Waals surface area contributed by atoms with Gasteiger partial charge in [-0.25, -0.2) is 4.79 Å². The van der Waals surface area contributed by atoms with Gasteiger partial charge >= 0.3 is 11.9 Å². The summed E-state index contributed by atoms with van der Waals surface area (Å²) >= 11 is 1.41. The van der Waals surface area contributed by atoms with Crippen LogP contribution in [0.2, 0.25) is 0 Å². The molecule has 0 aromatic heterocycles. The van der Waals surface area contributed by atoms with E-state index in [9.17, 15) is 19.2 Å². The lowest BCUT2D eigenvalue weighted by Gasteiger charge is -2.21. The molecule has 1 aromatic carbocycles. The molecule has 0 radical (unpaired) electrons. The van der Waals surface area contributed by atoms with Gasteiger partial charge < -0.3 is 20.1 Å². The second kappa shape index (κ2) is 9.96. The number of rotatable bonds is 8. The lowest BCUT2D eigenvalue weighted by atomic mass is 10.2. The standard InChI is InChI=1S/C18H22N2O6S/c1-3-25-16(22)5-4-8-19-15(21)10-26-18(24)12-6-7-14-13(9-12)20-17(23)11(2)27-14/h6-7,9,11H,3-5,8,10H2,1-2H3,(H,19,21)(H,20,23). The summed E-state index contributed by atoms with van der Waals surface area (Å²) in [6, 6.07) is 4.86. The third-order valence-electron chi connectivity index (χ3n) is 3.67. The van der Waals surface area contributed by atoms with E-state index < -0.39 is 18.5 Å². The number of fused-ring (bicyclic) bond motifs is 1. The molecule has 0 fully saturated rings. The van der Waals surface area contributed by atoms with E-state index in [-0.39, 0.29) is 35.7 Å². The van der Waals surface area contributed by atoms with Gasteiger partial charge in [0.25, 0.3) is 5.91 Å². The van der Waals surface area contributed by atoms with Crippen molar-refractivity contribution >= 4 is 41.2 Å². The number of ether oxygens (including phenoxy) is 2. The largest absolute Gasteiger partial charge is 0.466 e. The van der Waals surface area contributed by atoms with E-state index in [0.717, 1.165) is 4.90 Å². The minimum absolute atomic E-state index is 0.125. The Hall–Kier alpha value is -2.55. The maximum atomic E-state index is 12.1. The minimum atomic E-state index is -0.655. The van der Waals surface area contributed by atoms with Crippen LogP contribution in [0.5, 0.6) is 0 Å². The van der Waals surface area contributed by atoms with Crippen molar-refractivity contribution < 1.29 is 28.7 Å². The predicted molar refractivity (Wildman–Crippen MR) is 99.5 cm³/mol. The first kappa shape index (κ1) is 20.8. The molecule has 0 saturated heterocycles. The van der Waals surface area contributed by atoms with Crippen LogP contribution >= 0.6 is 11.8 Å². The number of benzene rings is 1. The Bertz CT molecular complexity index is 737. The topological polar surface area (TPSA) is 111 Å². The van der Waals surface area contributed by atoms with E-state index in [1.165, 1.54) is 17.8 Å². The Morgan fingerprint density at radius 2 is 2.04 bits per heavy atom. The molecule has 2 rings (SSSR count). The van der Waals surface area contributed by atoms with E-state index in [2.05, 4.69) is 10.6 Å². The molecule has 0 saturated carbocycles. The molecule has 1 aromatic rings. The molecule has 2 N–H and O–H groups in total. The summed E-state index contributed by atoms with van der Waals surface area (Å²) in [4.78, 5) is 47.6. The number of hydrogen-bond acceptors (Lipinski definition) is 7. The van der Waals surface area contributed by atoms with Crippen molar-refractivity contribution in [2.75, 3.05) is 25.1 Å². The first-order valence-electron chi connectivity index (χ1n) is 8.61. The fourth-order valence-electron chi connectivity index (χ4n) is 2.29. The number of anilines is 1. The molecule has 1 aliphatic rings. The molecule has 1 aliphatic heterocycles. The molecule has 0 aliphatic carbocycles. The Kier molecular flexibility index (Phi) is 7.66. The normalized spacial score (nSPS) is 15.3. The number of hydrogen-bond donors (Lipinski definition) is 2. The molecule has 146 valence electrons. The summed E-state index contributed by atoms with van der Waals surface area (Å²) in [7, 11) is 0. The lowest BCUT2D eigenvalue weighted by molar-refractivity contribution is -0.143. The smallest absolute Gasteiger partial charge is 0.338 e. The summed E-state index contributed by atoms with van der Waals surface area (Å²) in [5.74, 6) is -1.55. The average molecular weight is 394 g/mol. The second-order valence-corrected chi connectivity index (χ2v) is 7.18. The minimum Gasteiger partial charge on any atom is -0.466 e. The van der Waals surface area contributed by atoms with E-state index in [0.29, 0.717) is 18.7 Å². The van der Waals surface area contributed by atoms with Crippen LogP contribution in [-0.4, -0.2) is 48.8 Å². The highest BCUT2D eigenvalue weighted by Gasteiger charge is 2.24. The van der Waals surface area contributed by atoms with Crippen molar-refractivity contribution in [2.45, 2.75) is 36.8 Å². The van der Waals surface area contributed by atoms with Gasteiger partial charge in [-0.15, -0.1) is 11.8 Å². The summed E-state index contributed by atoms with van der Waals surface area (Å²) in [5.41, 5.74) is 0.806. The third-order valence-corrected chi connectivity index (χ3v) is 4.84. The third kappa shape index (κ3) is 6.28. The van der Waals surface area contributed by atoms with Gasteiger partial charge in [-0.3, -0.25) is 14.4 Å². The van der Waals surface area contributed by atoms with Gasteiger partial charge in [0.1, 0.15) is 0 Å². The van der Waals surface area contributed by atoms with Gasteiger partial charge in [-0.05, 0) is 38.5 Å². The fourth-order valence-corrected chi connectivity index (χ4v) is 3.23. The number of amides is 2. The van der Waals surface area contributed by atoms with Crippen molar-refractivity contribution in [1.29, 1.82) is 0 Å². The Labute approximate surface area is 161 Å². The molecule has 1 atom stereocenters.